The standard InChI is InChI=1S/C20H31NO3/c1-15-8-6-11-18(14-15)24-16(2)20(23)21-19(12-7-13-22)17-9-4-3-5-10-17/h3-5,9-10,15-16,18-19,22H,6-8,11-14H2,1-2H3,(H,21,23). The minimum absolute atomic E-state index is 0.0694. The quantitative estimate of drug-likeness (QED) is 0.764. The van der Waals surface area contributed by atoms with Gasteiger partial charge < -0.3 is 15.2 Å². The smallest absolute Gasteiger partial charge is 0.249 e. The highest BCUT2D eigenvalue weighted by Gasteiger charge is 2.25. The van der Waals surface area contributed by atoms with Crippen LogP contribution in [-0.2, 0) is 9.53 Å². The third kappa shape index (κ3) is 5.91. The lowest BCUT2D eigenvalue weighted by molar-refractivity contribution is -0.138. The molecule has 0 spiro atoms. The fourth-order valence-corrected chi connectivity index (χ4v) is 3.44. The lowest BCUT2D eigenvalue weighted by Crippen LogP contribution is -2.39. The van der Waals surface area contributed by atoms with E-state index in [-0.39, 0.29) is 24.7 Å². The van der Waals surface area contributed by atoms with Crippen LogP contribution in [0.25, 0.3) is 0 Å². The van der Waals surface area contributed by atoms with Crippen molar-refractivity contribution in [3.05, 3.63) is 35.9 Å². The molecule has 0 heterocycles. The first-order valence-corrected chi connectivity index (χ1v) is 9.21. The van der Waals surface area contributed by atoms with Crippen molar-refractivity contribution in [3.8, 4) is 0 Å². The van der Waals surface area contributed by atoms with Crippen LogP contribution in [0.3, 0.4) is 0 Å². The average Bonchev–Trinajstić information content (AvgIpc) is 2.59. The minimum Gasteiger partial charge on any atom is -0.396 e. The van der Waals surface area contributed by atoms with E-state index in [9.17, 15) is 4.79 Å². The molecule has 0 aliphatic heterocycles. The van der Waals surface area contributed by atoms with Crippen molar-refractivity contribution in [1.82, 2.24) is 5.32 Å². The van der Waals surface area contributed by atoms with Crippen LogP contribution in [0.5, 0.6) is 0 Å². The van der Waals surface area contributed by atoms with Crippen LogP contribution in [0.4, 0.5) is 0 Å². The highest BCUT2D eigenvalue weighted by atomic mass is 16.5. The number of aliphatic hydroxyl groups excluding tert-OH is 1. The Hall–Kier alpha value is -1.39. The number of hydrogen-bond acceptors (Lipinski definition) is 3. The summed E-state index contributed by atoms with van der Waals surface area (Å²) in [5.41, 5.74) is 1.07. The molecule has 4 heteroatoms. The molecule has 2 N–H and O–H groups in total. The third-order valence-electron chi connectivity index (χ3n) is 4.82. The summed E-state index contributed by atoms with van der Waals surface area (Å²) in [6, 6.07) is 9.84. The average molecular weight is 333 g/mol. The van der Waals surface area contributed by atoms with Crippen molar-refractivity contribution in [3.63, 3.8) is 0 Å². The Morgan fingerprint density at radius 2 is 2.08 bits per heavy atom. The number of carbonyl (C=O) groups excluding carboxylic acids is 1. The Bertz CT molecular complexity index is 491. The van der Waals surface area contributed by atoms with Crippen LogP contribution < -0.4 is 5.32 Å². The van der Waals surface area contributed by atoms with Gasteiger partial charge >= 0.3 is 0 Å². The van der Waals surface area contributed by atoms with Crippen molar-refractivity contribution in [2.45, 2.75) is 70.6 Å². The van der Waals surface area contributed by atoms with Crippen LogP contribution >= 0.6 is 0 Å². The number of nitrogens with one attached hydrogen (secondary N) is 1. The summed E-state index contributed by atoms with van der Waals surface area (Å²) in [5.74, 6) is 0.612. The van der Waals surface area contributed by atoms with Crippen molar-refractivity contribution in [1.29, 1.82) is 0 Å². The molecule has 0 radical (unpaired) electrons. The molecule has 1 saturated carbocycles. The minimum atomic E-state index is -0.444. The molecular formula is C20H31NO3. The fourth-order valence-electron chi connectivity index (χ4n) is 3.44. The zero-order valence-electron chi connectivity index (χ0n) is 14.9. The van der Waals surface area contributed by atoms with Gasteiger partial charge in [-0.25, -0.2) is 0 Å². The highest BCUT2D eigenvalue weighted by Crippen LogP contribution is 2.26. The second kappa shape index (κ2) is 9.80. The van der Waals surface area contributed by atoms with E-state index in [0.717, 1.165) is 24.8 Å². The Labute approximate surface area is 145 Å². The summed E-state index contributed by atoms with van der Waals surface area (Å²) in [6.45, 7) is 4.22. The Balaban J connectivity index is 1.91. The topological polar surface area (TPSA) is 58.6 Å². The molecular weight excluding hydrogens is 302 g/mol. The molecule has 4 unspecified atom stereocenters. The summed E-state index contributed by atoms with van der Waals surface area (Å²) in [7, 11) is 0. The molecule has 24 heavy (non-hydrogen) atoms. The van der Waals surface area contributed by atoms with Crippen LogP contribution in [0, 0.1) is 5.92 Å². The molecule has 0 saturated heterocycles. The molecule has 2 rings (SSSR count). The molecule has 1 fully saturated rings. The van der Waals surface area contributed by atoms with Crippen LogP contribution in [0.2, 0.25) is 0 Å². The van der Waals surface area contributed by atoms with E-state index in [1.165, 1.54) is 12.8 Å². The Morgan fingerprint density at radius 3 is 2.75 bits per heavy atom. The summed E-state index contributed by atoms with van der Waals surface area (Å²) < 4.78 is 6.00. The fraction of sp³-hybridized carbons (Fsp3) is 0.650. The molecule has 1 aliphatic rings. The van der Waals surface area contributed by atoms with E-state index < -0.39 is 6.10 Å². The maximum Gasteiger partial charge on any atom is 0.249 e. The zero-order valence-corrected chi connectivity index (χ0v) is 14.9. The predicted molar refractivity (Wildman–Crippen MR) is 95.6 cm³/mol. The third-order valence-corrected chi connectivity index (χ3v) is 4.82. The number of rotatable bonds is 8. The second-order valence-corrected chi connectivity index (χ2v) is 7.01. The van der Waals surface area contributed by atoms with Gasteiger partial charge in [-0.05, 0) is 44.1 Å². The molecule has 4 atom stereocenters. The summed E-state index contributed by atoms with van der Waals surface area (Å²) in [5, 5.41) is 12.2. The van der Waals surface area contributed by atoms with Gasteiger partial charge in [-0.2, -0.15) is 0 Å². The normalized spacial score (nSPS) is 23.5. The van der Waals surface area contributed by atoms with Gasteiger partial charge in [0.05, 0.1) is 12.1 Å². The predicted octanol–water partition coefficient (Wildman–Crippen LogP) is 3.60. The van der Waals surface area contributed by atoms with Gasteiger partial charge in [-0.3, -0.25) is 4.79 Å². The van der Waals surface area contributed by atoms with Gasteiger partial charge in [0.25, 0.3) is 0 Å². The molecule has 1 amide bonds. The van der Waals surface area contributed by atoms with Gasteiger partial charge in [-0.1, -0.05) is 50.1 Å². The highest BCUT2D eigenvalue weighted by molar-refractivity contribution is 5.80. The first kappa shape index (κ1) is 18.9. The summed E-state index contributed by atoms with van der Waals surface area (Å²) >= 11 is 0. The molecule has 4 nitrogen and oxygen atoms in total. The van der Waals surface area contributed by atoms with Crippen molar-refractivity contribution in [2.24, 2.45) is 5.92 Å². The summed E-state index contributed by atoms with van der Waals surface area (Å²) in [4.78, 5) is 12.5. The van der Waals surface area contributed by atoms with Crippen LogP contribution in [0.1, 0.15) is 64.0 Å². The van der Waals surface area contributed by atoms with Crippen molar-refractivity contribution >= 4 is 5.91 Å². The van der Waals surface area contributed by atoms with Crippen LogP contribution in [-0.4, -0.2) is 29.8 Å². The van der Waals surface area contributed by atoms with Gasteiger partial charge in [-0.15, -0.1) is 0 Å². The second-order valence-electron chi connectivity index (χ2n) is 7.01. The number of aliphatic hydroxyl groups is 1. The maximum atomic E-state index is 12.5. The molecule has 0 aromatic heterocycles. The Morgan fingerprint density at radius 1 is 1.33 bits per heavy atom. The van der Waals surface area contributed by atoms with E-state index >= 15 is 0 Å². The maximum absolute atomic E-state index is 12.5. The first-order chi connectivity index (χ1) is 11.6. The zero-order chi connectivity index (χ0) is 17.4. The van der Waals surface area contributed by atoms with Gasteiger partial charge in [0.1, 0.15) is 6.10 Å². The molecule has 1 aromatic carbocycles. The number of amides is 1. The SMILES string of the molecule is CC1CCCC(OC(C)C(=O)NC(CCCO)c2ccccc2)C1. The summed E-state index contributed by atoms with van der Waals surface area (Å²) in [6.07, 6.45) is 5.68. The van der Waals surface area contributed by atoms with Crippen molar-refractivity contribution in [2.75, 3.05) is 6.61 Å². The van der Waals surface area contributed by atoms with E-state index in [2.05, 4.69) is 12.2 Å². The monoisotopic (exact) mass is 333 g/mol. The number of benzene rings is 1. The van der Waals surface area contributed by atoms with Gasteiger partial charge in [0, 0.05) is 6.61 Å². The number of ether oxygens (including phenoxy) is 1. The first-order valence-electron chi connectivity index (χ1n) is 9.21. The molecule has 1 aromatic rings. The lowest BCUT2D eigenvalue weighted by atomic mass is 9.88. The van der Waals surface area contributed by atoms with Gasteiger partial charge in [0.15, 0.2) is 0 Å². The molecule has 1 aliphatic carbocycles. The Kier molecular flexibility index (Phi) is 7.73. The molecule has 0 bridgehead atoms. The number of hydrogen-bond donors (Lipinski definition) is 2. The number of carbonyl (C=O) groups is 1. The van der Waals surface area contributed by atoms with E-state index in [4.69, 9.17) is 9.84 Å². The van der Waals surface area contributed by atoms with E-state index in [1.54, 1.807) is 0 Å². The largest absolute Gasteiger partial charge is 0.396 e. The van der Waals surface area contributed by atoms with Gasteiger partial charge in [0.2, 0.25) is 5.91 Å². The lowest BCUT2D eigenvalue weighted by Gasteiger charge is -2.29. The van der Waals surface area contributed by atoms with E-state index in [0.29, 0.717) is 12.3 Å². The molecule has 134 valence electrons. The van der Waals surface area contributed by atoms with Crippen LogP contribution in [0.15, 0.2) is 30.3 Å². The van der Waals surface area contributed by atoms with Crippen molar-refractivity contribution < 1.29 is 14.6 Å². The van der Waals surface area contributed by atoms with E-state index in [1.807, 2.05) is 37.3 Å².